The molecule has 42 nitrogen and oxygen atoms in total. The fourth-order valence-corrected chi connectivity index (χ4v) is 19.0. The second-order valence-electron chi connectivity index (χ2n) is 37.4. The normalized spacial score (nSPS) is 17.6. The maximum Gasteiger partial charge on any atom is 0.242 e. The van der Waals surface area contributed by atoms with Crippen molar-refractivity contribution in [2.75, 3.05) is 182 Å². The average Bonchev–Trinajstić information content (AvgIpc) is 1.60. The first-order valence-corrected chi connectivity index (χ1v) is 49.7. The van der Waals surface area contributed by atoms with E-state index in [0.29, 0.717) is 217 Å². The molecule has 42 heteroatoms. The lowest BCUT2D eigenvalue weighted by molar-refractivity contribution is -0.135. The Morgan fingerprint density at radius 2 is 0.801 bits per heavy atom. The SMILES string of the molecule is C#CCn1cnc2c(-c3cccc4c3C=CC4)nc(N3CC(C)OC(C)C3)nc21.CC(C)NC(=O)Cn1cnc2c(-c3cccc(O)c3)nc(N3CCOCC3)nc21.O=C(Cn1cnc2c(-c3cccc(O)c3)nc(N3CCOCC3)nc21)N1CCOCC1.O=C(Cn1cnc2c(-c3cccc(O)c3)nc(N3CCOCC3)nc21)NC1CC1.Oc1cccc(-c2nc(N3CCOCC3)nc3c2ncn3C2CCNCC2)c1. The molecular formula is C104H117N29O13. The van der Waals surface area contributed by atoms with Crippen LogP contribution in [0.4, 0.5) is 29.7 Å². The van der Waals surface area contributed by atoms with Gasteiger partial charge < -0.3 is 117 Å². The van der Waals surface area contributed by atoms with Crippen LogP contribution in [0, 0.1) is 12.3 Å². The van der Waals surface area contributed by atoms with Crippen molar-refractivity contribution in [1.82, 2.24) is 118 Å². The van der Waals surface area contributed by atoms with Crippen LogP contribution in [0.1, 0.15) is 70.5 Å². The molecule has 0 radical (unpaired) electrons. The number of aromatic nitrogens is 20. The molecule has 9 aliphatic rings. The van der Waals surface area contributed by atoms with Gasteiger partial charge in [-0.1, -0.05) is 84.8 Å². The van der Waals surface area contributed by atoms with Gasteiger partial charge in [-0.2, -0.15) is 24.9 Å². The molecule has 0 bridgehead atoms. The van der Waals surface area contributed by atoms with Gasteiger partial charge >= 0.3 is 0 Å². The molecule has 15 aromatic rings. The molecule has 756 valence electrons. The Hall–Kier alpha value is -15.5. The Balaban J connectivity index is 0.000000111. The van der Waals surface area contributed by atoms with Crippen LogP contribution in [0.5, 0.6) is 23.0 Å². The van der Waals surface area contributed by atoms with E-state index in [1.165, 1.54) is 11.1 Å². The van der Waals surface area contributed by atoms with Crippen LogP contribution in [-0.4, -0.2) is 323 Å². The van der Waals surface area contributed by atoms with Crippen LogP contribution in [-0.2, 0) is 75.4 Å². The maximum atomic E-state index is 12.8. The van der Waals surface area contributed by atoms with E-state index in [9.17, 15) is 34.8 Å². The lowest BCUT2D eigenvalue weighted by Gasteiger charge is -2.35. The van der Waals surface area contributed by atoms with Crippen molar-refractivity contribution in [1.29, 1.82) is 0 Å². The molecule has 0 spiro atoms. The number of fused-ring (bicyclic) bond motifs is 6. The molecular weight excluding hydrogens is 1860 g/mol. The zero-order valence-corrected chi connectivity index (χ0v) is 81.9. The van der Waals surface area contributed by atoms with Crippen molar-refractivity contribution < 1.29 is 63.2 Å². The number of hydrogen-bond donors (Lipinski definition) is 7. The molecule has 146 heavy (non-hydrogen) atoms. The van der Waals surface area contributed by atoms with Crippen LogP contribution in [0.2, 0.25) is 0 Å². The molecule has 2 aliphatic carbocycles. The number of ether oxygens (including phenoxy) is 6. The minimum atomic E-state index is -0.107. The molecule has 7 aliphatic heterocycles. The van der Waals surface area contributed by atoms with Crippen LogP contribution in [0.15, 0.2) is 153 Å². The summed E-state index contributed by atoms with van der Waals surface area (Å²) < 4.78 is 42.4. The molecule has 17 heterocycles. The van der Waals surface area contributed by atoms with Crippen molar-refractivity contribution in [2.45, 2.75) is 116 Å². The molecule has 5 aromatic carbocycles. The average molecular weight is 1980 g/mol. The van der Waals surface area contributed by atoms with Gasteiger partial charge in [-0.25, -0.2) is 49.8 Å². The number of benzene rings is 5. The number of rotatable bonds is 20. The minimum absolute atomic E-state index is 0.00744. The van der Waals surface area contributed by atoms with Gasteiger partial charge in [0.1, 0.15) is 98.7 Å². The summed E-state index contributed by atoms with van der Waals surface area (Å²) in [6.07, 6.45) is 23.9. The number of allylic oxidation sites excluding steroid dienone is 1. The number of nitrogens with one attached hydrogen (secondary N) is 3. The third-order valence-electron chi connectivity index (χ3n) is 26.3. The molecule has 10 aromatic heterocycles. The van der Waals surface area contributed by atoms with Gasteiger partial charge in [0.25, 0.3) is 0 Å². The molecule has 1 saturated carbocycles. The van der Waals surface area contributed by atoms with Crippen molar-refractivity contribution >= 4 is 109 Å². The second-order valence-corrected chi connectivity index (χ2v) is 37.4. The maximum absolute atomic E-state index is 12.8. The van der Waals surface area contributed by atoms with Crippen molar-refractivity contribution in [3.63, 3.8) is 0 Å². The number of phenolic OH excluding ortho intramolecular Hbond substituents is 4. The first kappa shape index (κ1) is 97.9. The van der Waals surface area contributed by atoms with E-state index in [1.807, 2.05) is 55.1 Å². The van der Waals surface area contributed by atoms with Gasteiger partial charge in [0.2, 0.25) is 47.5 Å². The van der Waals surface area contributed by atoms with Crippen LogP contribution >= 0.6 is 0 Å². The van der Waals surface area contributed by atoms with E-state index in [1.54, 1.807) is 111 Å². The third kappa shape index (κ3) is 22.7. The quantitative estimate of drug-likeness (QED) is 0.0350. The summed E-state index contributed by atoms with van der Waals surface area (Å²) in [5.41, 5.74) is 17.0. The molecule has 3 amide bonds. The fraction of sp³-hybridized carbons (Fsp3) is 0.404. The number of piperidine rings is 1. The van der Waals surface area contributed by atoms with E-state index in [4.69, 9.17) is 84.7 Å². The van der Waals surface area contributed by atoms with E-state index >= 15 is 0 Å². The number of morpholine rings is 6. The highest BCUT2D eigenvalue weighted by Gasteiger charge is 2.33. The standard InChI is InChI=1S/C23H23N5O.C21H24N6O4.C20H22N6O3.C20H24N6O3.C20H24N6O2/c1-4-11-27-14-24-21-20(19-10-6-8-17-7-5-9-18(17)19)25-23(26-22(21)27)28-12-15(2)29-16(3)13-28;28-16-3-1-2-15(12-16)18-19-20(24-21(23-18)26-6-10-31-11-7-26)27(14-22-19)13-17(29)25-4-8-30-9-5-25;27-15-3-1-2-13(10-15)17-18-19(24-20(23-17)25-6-8-29-9-7-25)26(12-21-18)11-16(28)22-14-4-5-14;1-13(2)22-16(28)11-26-12-21-18-17(14-4-3-5-15(27)10-14)23-20(24-19(18)26)25-6-8-29-9-7-25;27-16-3-1-2-14(12-16)17-18-19(24-20(23-17)25-8-10-28-11-9-25)26(13-22-18)15-4-6-21-7-5-15/h1,5-6,8-10,14-16H,7,11-13H2,2-3H3;1-3,12,14,28H,4-11,13H2;1-3,10,12,14,27H,4-9,11H2,(H,22,28);3-5,10,12-13,27H,6-9,11H2,1-2H3,(H,22,28);1-3,12-13,15,21,27H,4-11H2. The van der Waals surface area contributed by atoms with Gasteiger partial charge in [0.05, 0.1) is 116 Å². The van der Waals surface area contributed by atoms with Gasteiger partial charge in [0.15, 0.2) is 28.2 Å². The third-order valence-corrected chi connectivity index (χ3v) is 26.3. The number of nitrogens with zero attached hydrogens (tertiary/aromatic N) is 26. The largest absolute Gasteiger partial charge is 0.508 e. The van der Waals surface area contributed by atoms with E-state index < -0.39 is 0 Å². The highest BCUT2D eigenvalue weighted by molar-refractivity contribution is 5.96. The monoisotopic (exact) mass is 1980 g/mol. The number of carbonyl (C=O) groups excluding carboxylic acids is 3. The van der Waals surface area contributed by atoms with Gasteiger partial charge in [-0.15, -0.1) is 6.42 Å². The van der Waals surface area contributed by atoms with Crippen molar-refractivity contribution in [2.24, 2.45) is 0 Å². The van der Waals surface area contributed by atoms with Gasteiger partial charge in [0, 0.05) is 124 Å². The second kappa shape index (κ2) is 44.8. The number of hydrogen-bond acceptors (Lipinski definition) is 34. The number of phenols is 4. The van der Waals surface area contributed by atoms with Gasteiger partial charge in [-0.05, 0) is 133 Å². The van der Waals surface area contributed by atoms with Crippen molar-refractivity contribution in [3.8, 4) is 91.6 Å². The lowest BCUT2D eigenvalue weighted by Crippen LogP contribution is -2.46. The molecule has 2 unspecified atom stereocenters. The lowest BCUT2D eigenvalue weighted by atomic mass is 10.0. The number of imidazole rings is 5. The Morgan fingerprint density at radius 1 is 0.432 bits per heavy atom. The number of carbonyl (C=O) groups is 3. The number of aromatic hydroxyl groups is 4. The smallest absolute Gasteiger partial charge is 0.242 e. The predicted molar refractivity (Wildman–Crippen MR) is 549 cm³/mol. The van der Waals surface area contributed by atoms with E-state index in [2.05, 4.69) is 120 Å². The minimum Gasteiger partial charge on any atom is -0.508 e. The Kier molecular flexibility index (Phi) is 30.0. The molecule has 2 atom stereocenters. The Bertz CT molecular complexity index is 7110. The van der Waals surface area contributed by atoms with Gasteiger partial charge in [-0.3, -0.25) is 14.4 Å². The molecule has 7 N–H and O–H groups in total. The highest BCUT2D eigenvalue weighted by atomic mass is 16.5. The Morgan fingerprint density at radius 3 is 1.23 bits per heavy atom. The summed E-state index contributed by atoms with van der Waals surface area (Å²) in [6, 6.07) is 35.0. The van der Waals surface area contributed by atoms with E-state index in [0.717, 1.165) is 133 Å². The zero-order valence-electron chi connectivity index (χ0n) is 81.9. The van der Waals surface area contributed by atoms with Crippen molar-refractivity contribution in [3.05, 3.63) is 164 Å². The first-order valence-electron chi connectivity index (χ1n) is 49.7. The summed E-state index contributed by atoms with van der Waals surface area (Å²) in [5.74, 6) is 6.33. The molecule has 7 saturated heterocycles. The Labute approximate surface area is 840 Å². The van der Waals surface area contributed by atoms with Crippen LogP contribution in [0.3, 0.4) is 0 Å². The summed E-state index contributed by atoms with van der Waals surface area (Å²) >= 11 is 0. The van der Waals surface area contributed by atoms with Crippen LogP contribution in [0.25, 0.3) is 118 Å². The summed E-state index contributed by atoms with van der Waals surface area (Å²) in [6.45, 7) is 25.4. The number of amides is 3. The van der Waals surface area contributed by atoms with E-state index in [-0.39, 0.29) is 78.6 Å². The van der Waals surface area contributed by atoms with Crippen LogP contribution < -0.4 is 40.4 Å². The molecule has 8 fully saturated rings. The number of anilines is 5. The fourth-order valence-electron chi connectivity index (χ4n) is 19.0. The molecule has 24 rings (SSSR count). The summed E-state index contributed by atoms with van der Waals surface area (Å²) in [5, 5.41) is 49.1. The summed E-state index contributed by atoms with van der Waals surface area (Å²) in [7, 11) is 0. The summed E-state index contributed by atoms with van der Waals surface area (Å²) in [4.78, 5) is 121. The number of terminal acetylenes is 1. The zero-order chi connectivity index (χ0) is 100. The topological polar surface area (TPSA) is 461 Å². The predicted octanol–water partition coefficient (Wildman–Crippen LogP) is 9.04. The highest BCUT2D eigenvalue weighted by Crippen LogP contribution is 2.40. The first-order chi connectivity index (χ1) is 71.3.